The maximum absolute atomic E-state index is 5.96. The third-order valence-electron chi connectivity index (χ3n) is 4.63. The van der Waals surface area contributed by atoms with Crippen LogP contribution in [0.5, 0.6) is 23.0 Å². The smallest absolute Gasteiger partial charge is 0.161 e. The number of methoxy groups -OCH3 is 2. The Morgan fingerprint density at radius 2 is 1.60 bits per heavy atom. The lowest BCUT2D eigenvalue weighted by atomic mass is 10.1. The third kappa shape index (κ3) is 6.15. The number of benzene rings is 2. The number of ether oxygens (including phenoxy) is 4. The molecule has 0 radical (unpaired) electrons. The molecule has 0 aliphatic heterocycles. The van der Waals surface area contributed by atoms with Crippen LogP contribution in [-0.2, 0) is 19.6 Å². The molecule has 1 N–H and O–H groups in total. The molecular weight excluding hydrogens is 398 g/mol. The molecule has 2 aromatic carbocycles. The van der Waals surface area contributed by atoms with E-state index in [1.54, 1.807) is 25.6 Å². The molecule has 0 aliphatic rings. The van der Waals surface area contributed by atoms with Crippen LogP contribution in [0, 0.1) is 0 Å². The zero-order valence-electron chi connectivity index (χ0n) is 17.8. The van der Waals surface area contributed by atoms with Gasteiger partial charge in [-0.05, 0) is 66.7 Å². The Morgan fingerprint density at radius 1 is 0.833 bits per heavy atom. The molecule has 3 rings (SSSR count). The molecular formula is C24H29NO4S. The number of rotatable bonds is 12. The van der Waals surface area contributed by atoms with E-state index in [9.17, 15) is 0 Å². The summed E-state index contributed by atoms with van der Waals surface area (Å²) >= 11 is 1.69. The third-order valence-corrected chi connectivity index (χ3v) is 5.48. The average molecular weight is 428 g/mol. The molecule has 0 spiro atoms. The van der Waals surface area contributed by atoms with Crippen LogP contribution in [0.2, 0.25) is 0 Å². The van der Waals surface area contributed by atoms with Crippen molar-refractivity contribution < 1.29 is 18.9 Å². The van der Waals surface area contributed by atoms with Gasteiger partial charge >= 0.3 is 0 Å². The Hall–Kier alpha value is -2.70. The highest BCUT2D eigenvalue weighted by Crippen LogP contribution is 2.30. The number of hydrogen-bond donors (Lipinski definition) is 1. The summed E-state index contributed by atoms with van der Waals surface area (Å²) in [6.45, 7) is 4.76. The fourth-order valence-electron chi connectivity index (χ4n) is 3.10. The second-order valence-corrected chi connectivity index (χ2v) is 7.73. The molecule has 0 unspecified atom stereocenters. The van der Waals surface area contributed by atoms with E-state index in [4.69, 9.17) is 18.9 Å². The monoisotopic (exact) mass is 427 g/mol. The van der Waals surface area contributed by atoms with E-state index in [2.05, 4.69) is 35.0 Å². The second kappa shape index (κ2) is 11.5. The van der Waals surface area contributed by atoms with Crippen LogP contribution in [0.3, 0.4) is 0 Å². The van der Waals surface area contributed by atoms with Crippen molar-refractivity contribution >= 4 is 11.3 Å². The van der Waals surface area contributed by atoms with E-state index < -0.39 is 0 Å². The standard InChI is InChI=1S/C24H29NO4S/c1-4-28-24-15-19(8-10-22(24)29-17-20-6-5-13-30-20)16-25-12-11-18-7-9-21(26-2)23(14-18)27-3/h5-10,13-15,25H,4,11-12,16-17H2,1-3H3. The summed E-state index contributed by atoms with van der Waals surface area (Å²) in [6, 6.07) is 16.3. The van der Waals surface area contributed by atoms with Crippen molar-refractivity contribution in [2.45, 2.75) is 26.5 Å². The molecule has 0 saturated heterocycles. The fraction of sp³-hybridized carbons (Fsp3) is 0.333. The van der Waals surface area contributed by atoms with Crippen molar-refractivity contribution in [3.8, 4) is 23.0 Å². The van der Waals surface area contributed by atoms with E-state index in [1.165, 1.54) is 10.4 Å². The molecule has 5 nitrogen and oxygen atoms in total. The number of thiophene rings is 1. The van der Waals surface area contributed by atoms with Gasteiger partial charge in [0, 0.05) is 11.4 Å². The first-order valence-electron chi connectivity index (χ1n) is 10.1. The normalized spacial score (nSPS) is 10.6. The quantitative estimate of drug-likeness (QED) is 0.409. The van der Waals surface area contributed by atoms with Crippen molar-refractivity contribution in [1.29, 1.82) is 0 Å². The Balaban J connectivity index is 1.52. The van der Waals surface area contributed by atoms with Gasteiger partial charge in [0.15, 0.2) is 23.0 Å². The molecule has 0 saturated carbocycles. The summed E-state index contributed by atoms with van der Waals surface area (Å²) in [5.74, 6) is 3.07. The average Bonchev–Trinajstić information content (AvgIpc) is 3.30. The van der Waals surface area contributed by atoms with Gasteiger partial charge in [0.05, 0.1) is 20.8 Å². The number of hydrogen-bond acceptors (Lipinski definition) is 6. The molecule has 30 heavy (non-hydrogen) atoms. The Labute approximate surface area is 182 Å². The number of nitrogens with one attached hydrogen (secondary N) is 1. The Kier molecular flexibility index (Phi) is 8.41. The van der Waals surface area contributed by atoms with Gasteiger partial charge in [0.1, 0.15) is 6.61 Å². The van der Waals surface area contributed by atoms with Gasteiger partial charge < -0.3 is 24.3 Å². The van der Waals surface area contributed by atoms with E-state index in [-0.39, 0.29) is 0 Å². The van der Waals surface area contributed by atoms with Gasteiger partial charge in [-0.15, -0.1) is 11.3 Å². The van der Waals surface area contributed by atoms with Crippen LogP contribution in [0.1, 0.15) is 22.9 Å². The fourth-order valence-corrected chi connectivity index (χ4v) is 3.71. The van der Waals surface area contributed by atoms with Crippen LogP contribution in [0.25, 0.3) is 0 Å². The summed E-state index contributed by atoms with van der Waals surface area (Å²) in [4.78, 5) is 1.19. The highest BCUT2D eigenvalue weighted by Gasteiger charge is 2.08. The van der Waals surface area contributed by atoms with Crippen LogP contribution in [-0.4, -0.2) is 27.4 Å². The van der Waals surface area contributed by atoms with Gasteiger partial charge in [0.25, 0.3) is 0 Å². The van der Waals surface area contributed by atoms with Gasteiger partial charge in [-0.1, -0.05) is 18.2 Å². The molecule has 3 aromatic rings. The zero-order chi connectivity index (χ0) is 21.2. The van der Waals surface area contributed by atoms with Crippen LogP contribution in [0.15, 0.2) is 53.9 Å². The highest BCUT2D eigenvalue weighted by atomic mass is 32.1. The van der Waals surface area contributed by atoms with Crippen LogP contribution in [0.4, 0.5) is 0 Å². The molecule has 160 valence electrons. The Bertz CT molecular complexity index is 912. The molecule has 0 aliphatic carbocycles. The maximum atomic E-state index is 5.96. The first kappa shape index (κ1) is 22.0. The molecule has 0 bridgehead atoms. The molecule has 1 aromatic heterocycles. The largest absolute Gasteiger partial charge is 0.493 e. The van der Waals surface area contributed by atoms with Crippen LogP contribution >= 0.6 is 11.3 Å². The zero-order valence-corrected chi connectivity index (χ0v) is 18.6. The molecule has 0 fully saturated rings. The van der Waals surface area contributed by atoms with Crippen LogP contribution < -0.4 is 24.3 Å². The lowest BCUT2D eigenvalue weighted by molar-refractivity contribution is 0.271. The summed E-state index contributed by atoms with van der Waals surface area (Å²) in [6.07, 6.45) is 0.903. The van der Waals surface area contributed by atoms with Crippen molar-refractivity contribution in [2.75, 3.05) is 27.4 Å². The molecule has 6 heteroatoms. The summed E-state index contributed by atoms with van der Waals surface area (Å²) in [5, 5.41) is 5.55. The molecule has 1 heterocycles. The first-order chi connectivity index (χ1) is 14.7. The summed E-state index contributed by atoms with van der Waals surface area (Å²) < 4.78 is 22.4. The maximum Gasteiger partial charge on any atom is 0.161 e. The lowest BCUT2D eigenvalue weighted by Gasteiger charge is -2.14. The van der Waals surface area contributed by atoms with E-state index in [1.807, 2.05) is 31.2 Å². The predicted octanol–water partition coefficient (Wildman–Crippen LogP) is 5.08. The SMILES string of the molecule is CCOc1cc(CNCCc2ccc(OC)c(OC)c2)ccc1OCc1cccs1. The Morgan fingerprint density at radius 3 is 2.33 bits per heavy atom. The topological polar surface area (TPSA) is 49.0 Å². The van der Waals surface area contributed by atoms with Gasteiger partial charge in [-0.3, -0.25) is 0 Å². The van der Waals surface area contributed by atoms with Crippen molar-refractivity contribution in [2.24, 2.45) is 0 Å². The van der Waals surface area contributed by atoms with E-state index in [0.29, 0.717) is 13.2 Å². The van der Waals surface area contributed by atoms with E-state index >= 15 is 0 Å². The van der Waals surface area contributed by atoms with Gasteiger partial charge in [0.2, 0.25) is 0 Å². The predicted molar refractivity (Wildman–Crippen MR) is 121 cm³/mol. The van der Waals surface area contributed by atoms with Crippen molar-refractivity contribution in [1.82, 2.24) is 5.32 Å². The first-order valence-corrected chi connectivity index (χ1v) is 10.9. The summed E-state index contributed by atoms with van der Waals surface area (Å²) in [5.41, 5.74) is 2.36. The second-order valence-electron chi connectivity index (χ2n) is 6.70. The lowest BCUT2D eigenvalue weighted by Crippen LogP contribution is -2.16. The summed E-state index contributed by atoms with van der Waals surface area (Å²) in [7, 11) is 3.30. The minimum Gasteiger partial charge on any atom is -0.493 e. The molecule has 0 atom stereocenters. The highest BCUT2D eigenvalue weighted by molar-refractivity contribution is 7.09. The van der Waals surface area contributed by atoms with Crippen molar-refractivity contribution in [3.05, 3.63) is 69.9 Å². The minimum atomic E-state index is 0.556. The van der Waals surface area contributed by atoms with Gasteiger partial charge in [-0.25, -0.2) is 0 Å². The van der Waals surface area contributed by atoms with Gasteiger partial charge in [-0.2, -0.15) is 0 Å². The molecule has 0 amide bonds. The minimum absolute atomic E-state index is 0.556. The van der Waals surface area contributed by atoms with E-state index in [0.717, 1.165) is 48.1 Å². The van der Waals surface area contributed by atoms with Crippen molar-refractivity contribution in [3.63, 3.8) is 0 Å².